The molecular weight excluding hydrogens is 494 g/mol. The monoisotopic (exact) mass is 514 g/mol. The Morgan fingerprint density at radius 3 is 2.58 bits per heavy atom. The SMILES string of the molecule is O=C(CCCS(=O)(=O)c1ccc(Cl)cc1)N1CCC(Oc2nc3c(F)cc(F)cc3s2)CC1. The lowest BCUT2D eigenvalue weighted by atomic mass is 10.1. The highest BCUT2D eigenvalue weighted by atomic mass is 35.5. The second kappa shape index (κ2) is 9.90. The highest BCUT2D eigenvalue weighted by Crippen LogP contribution is 2.32. The van der Waals surface area contributed by atoms with Gasteiger partial charge in [-0.25, -0.2) is 17.2 Å². The van der Waals surface area contributed by atoms with E-state index in [9.17, 15) is 22.0 Å². The standard InChI is InChI=1S/C22H21ClF2N2O4S2/c23-14-3-5-17(6-4-14)33(29,30)11-1-2-20(28)27-9-7-16(8-10-27)31-22-26-21-18(25)12-15(24)13-19(21)32-22/h3-6,12-13,16H,1-2,7-11H2. The summed E-state index contributed by atoms with van der Waals surface area (Å²) in [6.45, 7) is 0.947. The first-order valence-electron chi connectivity index (χ1n) is 10.4. The fraction of sp³-hybridized carbons (Fsp3) is 0.364. The van der Waals surface area contributed by atoms with E-state index in [4.69, 9.17) is 16.3 Å². The van der Waals surface area contributed by atoms with E-state index in [0.29, 0.717) is 35.7 Å². The number of carbonyl (C=O) groups excluding carboxylic acids is 1. The zero-order valence-electron chi connectivity index (χ0n) is 17.5. The lowest BCUT2D eigenvalue weighted by molar-refractivity contribution is -0.133. The van der Waals surface area contributed by atoms with Crippen LogP contribution in [0.2, 0.25) is 5.02 Å². The van der Waals surface area contributed by atoms with Gasteiger partial charge < -0.3 is 9.64 Å². The smallest absolute Gasteiger partial charge is 0.274 e. The van der Waals surface area contributed by atoms with Crippen molar-refractivity contribution in [3.63, 3.8) is 0 Å². The second-order valence-corrected chi connectivity index (χ2v) is 11.3. The van der Waals surface area contributed by atoms with Crippen LogP contribution in [0.15, 0.2) is 41.3 Å². The van der Waals surface area contributed by atoms with Gasteiger partial charge in [0, 0.05) is 43.4 Å². The van der Waals surface area contributed by atoms with Gasteiger partial charge in [-0.15, -0.1) is 0 Å². The molecule has 0 bridgehead atoms. The van der Waals surface area contributed by atoms with Crippen LogP contribution in [0.25, 0.3) is 10.2 Å². The molecule has 1 amide bonds. The van der Waals surface area contributed by atoms with Crippen LogP contribution in [0, 0.1) is 11.6 Å². The van der Waals surface area contributed by atoms with Gasteiger partial charge >= 0.3 is 0 Å². The number of aromatic nitrogens is 1. The first kappa shape index (κ1) is 23.8. The molecule has 0 N–H and O–H groups in total. The number of ether oxygens (including phenoxy) is 1. The van der Waals surface area contributed by atoms with E-state index >= 15 is 0 Å². The Hall–Kier alpha value is -2.30. The number of piperidine rings is 1. The molecule has 176 valence electrons. The molecule has 0 spiro atoms. The van der Waals surface area contributed by atoms with Crippen LogP contribution in [0.5, 0.6) is 5.19 Å². The molecule has 4 rings (SSSR count). The van der Waals surface area contributed by atoms with Crippen LogP contribution in [-0.4, -0.2) is 49.2 Å². The molecule has 0 aliphatic carbocycles. The lowest BCUT2D eigenvalue weighted by Crippen LogP contribution is -2.41. The van der Waals surface area contributed by atoms with E-state index in [1.165, 1.54) is 30.3 Å². The van der Waals surface area contributed by atoms with Crippen LogP contribution in [0.1, 0.15) is 25.7 Å². The third-order valence-electron chi connectivity index (χ3n) is 5.43. The van der Waals surface area contributed by atoms with Gasteiger partial charge in [0.05, 0.1) is 15.3 Å². The van der Waals surface area contributed by atoms with Gasteiger partial charge in [0.25, 0.3) is 5.19 Å². The summed E-state index contributed by atoms with van der Waals surface area (Å²) in [4.78, 5) is 18.5. The van der Waals surface area contributed by atoms with E-state index in [2.05, 4.69) is 4.98 Å². The van der Waals surface area contributed by atoms with Crippen LogP contribution < -0.4 is 4.74 Å². The first-order chi connectivity index (χ1) is 15.7. The minimum absolute atomic E-state index is 0.0811. The summed E-state index contributed by atoms with van der Waals surface area (Å²) in [5, 5.41) is 0.729. The Morgan fingerprint density at radius 2 is 1.88 bits per heavy atom. The Bertz CT molecular complexity index is 1260. The summed E-state index contributed by atoms with van der Waals surface area (Å²) in [5.41, 5.74) is 0.0811. The van der Waals surface area contributed by atoms with Crippen molar-refractivity contribution in [2.75, 3.05) is 18.8 Å². The maximum absolute atomic E-state index is 13.8. The molecule has 33 heavy (non-hydrogen) atoms. The molecule has 1 aliphatic heterocycles. The molecule has 0 atom stereocenters. The molecule has 0 radical (unpaired) electrons. The maximum atomic E-state index is 13.8. The average molecular weight is 515 g/mol. The Kier molecular flexibility index (Phi) is 7.16. The Balaban J connectivity index is 1.24. The molecular formula is C22H21ClF2N2O4S2. The van der Waals surface area contributed by atoms with Crippen molar-refractivity contribution < 1.29 is 26.7 Å². The number of amides is 1. The average Bonchev–Trinajstić information content (AvgIpc) is 3.17. The van der Waals surface area contributed by atoms with E-state index in [1.807, 2.05) is 0 Å². The van der Waals surface area contributed by atoms with E-state index in [-0.39, 0.29) is 46.2 Å². The van der Waals surface area contributed by atoms with Gasteiger partial charge in [0.15, 0.2) is 15.7 Å². The number of hydrogen-bond acceptors (Lipinski definition) is 6. The molecule has 1 fully saturated rings. The third-order valence-corrected chi connectivity index (χ3v) is 8.39. The fourth-order valence-corrected chi connectivity index (χ4v) is 6.04. The van der Waals surface area contributed by atoms with Crippen molar-refractivity contribution in [2.45, 2.75) is 36.7 Å². The normalized spacial score (nSPS) is 15.2. The Labute approximate surface area is 199 Å². The summed E-state index contributed by atoms with van der Waals surface area (Å²) in [6.07, 6.45) is 1.32. The van der Waals surface area contributed by atoms with Crippen LogP contribution in [0.3, 0.4) is 0 Å². The molecule has 1 aromatic heterocycles. The summed E-state index contributed by atoms with van der Waals surface area (Å²) in [6, 6.07) is 7.97. The molecule has 0 saturated carbocycles. The number of rotatable bonds is 7. The first-order valence-corrected chi connectivity index (χ1v) is 13.2. The van der Waals surface area contributed by atoms with Crippen molar-refractivity contribution in [1.29, 1.82) is 0 Å². The number of carbonyl (C=O) groups is 1. The number of thiazole rings is 1. The molecule has 2 aromatic carbocycles. The number of nitrogens with zero attached hydrogens (tertiary/aromatic N) is 2. The summed E-state index contributed by atoms with van der Waals surface area (Å²) >= 11 is 6.87. The molecule has 11 heteroatoms. The highest BCUT2D eigenvalue weighted by molar-refractivity contribution is 7.91. The van der Waals surface area contributed by atoms with Crippen molar-refractivity contribution in [3.05, 3.63) is 53.1 Å². The number of hydrogen-bond donors (Lipinski definition) is 0. The van der Waals surface area contributed by atoms with Gasteiger partial charge in [-0.2, -0.15) is 4.98 Å². The van der Waals surface area contributed by atoms with Gasteiger partial charge in [0.1, 0.15) is 17.4 Å². The molecule has 1 saturated heterocycles. The maximum Gasteiger partial charge on any atom is 0.274 e. The summed E-state index contributed by atoms with van der Waals surface area (Å²) < 4.78 is 58.2. The van der Waals surface area contributed by atoms with Crippen LogP contribution in [0.4, 0.5) is 8.78 Å². The van der Waals surface area contributed by atoms with Crippen molar-refractivity contribution in [3.8, 4) is 5.19 Å². The van der Waals surface area contributed by atoms with E-state index in [0.717, 1.165) is 17.4 Å². The number of sulfone groups is 1. The highest BCUT2D eigenvalue weighted by Gasteiger charge is 2.25. The summed E-state index contributed by atoms with van der Waals surface area (Å²) in [5.74, 6) is -1.61. The number of fused-ring (bicyclic) bond motifs is 1. The van der Waals surface area contributed by atoms with Crippen molar-refractivity contribution in [2.24, 2.45) is 0 Å². The van der Waals surface area contributed by atoms with Crippen LogP contribution >= 0.6 is 22.9 Å². The van der Waals surface area contributed by atoms with E-state index in [1.54, 1.807) is 4.90 Å². The predicted molar refractivity (Wildman–Crippen MR) is 123 cm³/mol. The minimum Gasteiger partial charge on any atom is -0.467 e. The number of likely N-dealkylation sites (tertiary alicyclic amines) is 1. The van der Waals surface area contributed by atoms with Gasteiger partial charge in [-0.1, -0.05) is 22.9 Å². The zero-order chi connectivity index (χ0) is 23.6. The van der Waals surface area contributed by atoms with Gasteiger partial charge in [-0.05, 0) is 36.8 Å². The van der Waals surface area contributed by atoms with Crippen molar-refractivity contribution >= 4 is 48.9 Å². The largest absolute Gasteiger partial charge is 0.467 e. The quantitative estimate of drug-likeness (QED) is 0.450. The molecule has 2 heterocycles. The lowest BCUT2D eigenvalue weighted by Gasteiger charge is -2.31. The number of halogens is 3. The third kappa shape index (κ3) is 5.80. The van der Waals surface area contributed by atoms with Gasteiger partial charge in [-0.3, -0.25) is 4.79 Å². The molecule has 3 aromatic rings. The number of benzene rings is 2. The van der Waals surface area contributed by atoms with Crippen molar-refractivity contribution in [1.82, 2.24) is 9.88 Å². The molecule has 1 aliphatic rings. The molecule has 6 nitrogen and oxygen atoms in total. The van der Waals surface area contributed by atoms with Crippen LogP contribution in [-0.2, 0) is 14.6 Å². The zero-order valence-corrected chi connectivity index (χ0v) is 19.9. The fourth-order valence-electron chi connectivity index (χ4n) is 3.68. The molecule has 0 unspecified atom stereocenters. The summed E-state index contributed by atoms with van der Waals surface area (Å²) in [7, 11) is -3.47. The van der Waals surface area contributed by atoms with Gasteiger partial charge in [0.2, 0.25) is 5.91 Å². The predicted octanol–water partition coefficient (Wildman–Crippen LogP) is 4.85. The Morgan fingerprint density at radius 1 is 1.18 bits per heavy atom. The topological polar surface area (TPSA) is 76.6 Å². The minimum atomic E-state index is -3.47. The second-order valence-electron chi connectivity index (χ2n) is 7.79. The van der Waals surface area contributed by atoms with E-state index < -0.39 is 21.5 Å².